The summed E-state index contributed by atoms with van der Waals surface area (Å²) in [4.78, 5) is 29.1. The summed E-state index contributed by atoms with van der Waals surface area (Å²) in [6.07, 6.45) is 5.69. The molecular formula is C19H31N3O4. The minimum absolute atomic E-state index is 0.129. The highest BCUT2D eigenvalue weighted by Crippen LogP contribution is 2.29. The molecule has 0 spiro atoms. The molecule has 1 aromatic heterocycles. The van der Waals surface area contributed by atoms with Crippen molar-refractivity contribution >= 4 is 11.9 Å². The van der Waals surface area contributed by atoms with Gasteiger partial charge in [-0.2, -0.15) is 4.98 Å². The van der Waals surface area contributed by atoms with Crippen molar-refractivity contribution in [3.63, 3.8) is 0 Å². The van der Waals surface area contributed by atoms with E-state index in [4.69, 9.17) is 9.26 Å². The Kier molecular flexibility index (Phi) is 6.78. The summed E-state index contributed by atoms with van der Waals surface area (Å²) in [5.74, 6) is 0.774. The molecule has 7 nitrogen and oxygen atoms in total. The Morgan fingerprint density at radius 2 is 1.92 bits per heavy atom. The highest BCUT2D eigenvalue weighted by Gasteiger charge is 2.42. The molecule has 1 aromatic rings. The van der Waals surface area contributed by atoms with Crippen molar-refractivity contribution in [1.82, 2.24) is 15.5 Å². The Morgan fingerprint density at radius 1 is 1.23 bits per heavy atom. The number of carbonyl (C=O) groups is 2. The molecule has 0 unspecified atom stereocenters. The van der Waals surface area contributed by atoms with Gasteiger partial charge in [0, 0.05) is 18.3 Å². The molecule has 0 saturated heterocycles. The molecule has 1 heterocycles. The zero-order chi connectivity index (χ0) is 19.2. The molecule has 0 atom stereocenters. The van der Waals surface area contributed by atoms with Crippen LogP contribution in [0.25, 0.3) is 0 Å². The zero-order valence-electron chi connectivity index (χ0n) is 16.4. The van der Waals surface area contributed by atoms with Gasteiger partial charge in [0.05, 0.1) is 6.61 Å². The molecule has 1 amide bonds. The molecule has 0 aromatic carbocycles. The van der Waals surface area contributed by atoms with E-state index in [1.807, 2.05) is 20.8 Å². The first-order valence-corrected chi connectivity index (χ1v) is 9.58. The smallest absolute Gasteiger partial charge is 0.331 e. The Morgan fingerprint density at radius 3 is 2.50 bits per heavy atom. The maximum Gasteiger partial charge on any atom is 0.331 e. The van der Waals surface area contributed by atoms with E-state index in [1.165, 1.54) is 0 Å². The van der Waals surface area contributed by atoms with Gasteiger partial charge in [-0.05, 0) is 26.2 Å². The van der Waals surface area contributed by atoms with E-state index in [-0.39, 0.29) is 17.3 Å². The number of carbonyl (C=O) groups excluding carboxylic acids is 2. The molecule has 1 aliphatic rings. The third-order valence-electron chi connectivity index (χ3n) is 4.69. The van der Waals surface area contributed by atoms with Gasteiger partial charge in [0.15, 0.2) is 5.82 Å². The molecule has 2 rings (SSSR count). The number of aryl methyl sites for hydroxylation is 1. The largest absolute Gasteiger partial charge is 0.464 e. The minimum atomic E-state index is -0.852. The fourth-order valence-electron chi connectivity index (χ4n) is 3.20. The topological polar surface area (TPSA) is 94.3 Å². The van der Waals surface area contributed by atoms with Crippen LogP contribution in [0.2, 0.25) is 0 Å². The maximum absolute atomic E-state index is 12.4. The van der Waals surface area contributed by atoms with Gasteiger partial charge in [0.2, 0.25) is 11.8 Å². The van der Waals surface area contributed by atoms with Gasteiger partial charge in [-0.1, -0.05) is 45.2 Å². The number of esters is 1. The lowest BCUT2D eigenvalue weighted by Gasteiger charge is -2.35. The lowest BCUT2D eigenvalue weighted by Crippen LogP contribution is -2.56. The second-order valence-corrected chi connectivity index (χ2v) is 8.03. The van der Waals surface area contributed by atoms with Gasteiger partial charge >= 0.3 is 5.97 Å². The molecule has 146 valence electrons. The normalized spacial score (nSPS) is 16.9. The molecule has 1 N–H and O–H groups in total. The number of aromatic nitrogens is 2. The summed E-state index contributed by atoms with van der Waals surface area (Å²) in [5, 5.41) is 6.94. The maximum atomic E-state index is 12.4. The monoisotopic (exact) mass is 365 g/mol. The van der Waals surface area contributed by atoms with Crippen molar-refractivity contribution in [2.24, 2.45) is 0 Å². The highest BCUT2D eigenvalue weighted by molar-refractivity contribution is 5.88. The van der Waals surface area contributed by atoms with Crippen molar-refractivity contribution in [3.8, 4) is 0 Å². The molecular weight excluding hydrogens is 334 g/mol. The van der Waals surface area contributed by atoms with Crippen molar-refractivity contribution in [2.75, 3.05) is 6.61 Å². The summed E-state index contributed by atoms with van der Waals surface area (Å²) < 4.78 is 10.5. The second-order valence-electron chi connectivity index (χ2n) is 8.03. The summed E-state index contributed by atoms with van der Waals surface area (Å²) >= 11 is 0. The predicted molar refractivity (Wildman–Crippen MR) is 96.5 cm³/mol. The van der Waals surface area contributed by atoms with E-state index in [2.05, 4.69) is 15.5 Å². The van der Waals surface area contributed by atoms with Crippen LogP contribution >= 0.6 is 0 Å². The Bertz CT molecular complexity index is 613. The van der Waals surface area contributed by atoms with Crippen LogP contribution in [0.15, 0.2) is 4.52 Å². The number of hydrogen-bond acceptors (Lipinski definition) is 6. The highest BCUT2D eigenvalue weighted by atomic mass is 16.5. The summed E-state index contributed by atoms with van der Waals surface area (Å²) in [5.41, 5.74) is -1.01. The number of hydrogen-bond donors (Lipinski definition) is 1. The average Bonchev–Trinajstić information content (AvgIpc) is 3.05. The van der Waals surface area contributed by atoms with Crippen LogP contribution < -0.4 is 5.32 Å². The third kappa shape index (κ3) is 5.29. The second kappa shape index (κ2) is 8.64. The number of amides is 1. The molecule has 26 heavy (non-hydrogen) atoms. The first-order chi connectivity index (χ1) is 12.3. The van der Waals surface area contributed by atoms with E-state index in [9.17, 15) is 9.59 Å². The summed E-state index contributed by atoms with van der Waals surface area (Å²) in [7, 11) is 0. The number of rotatable bonds is 7. The predicted octanol–water partition coefficient (Wildman–Crippen LogP) is 3.07. The number of ether oxygens (including phenoxy) is 1. The Labute approximate surface area is 155 Å². The van der Waals surface area contributed by atoms with Crippen LogP contribution in [0.5, 0.6) is 0 Å². The molecule has 7 heteroatoms. The van der Waals surface area contributed by atoms with Crippen LogP contribution in [0, 0.1) is 0 Å². The van der Waals surface area contributed by atoms with Crippen molar-refractivity contribution in [3.05, 3.63) is 11.7 Å². The lowest BCUT2D eigenvalue weighted by atomic mass is 9.81. The zero-order valence-corrected chi connectivity index (χ0v) is 16.4. The number of nitrogens with zero attached hydrogens (tertiary/aromatic N) is 2. The first kappa shape index (κ1) is 20.4. The van der Waals surface area contributed by atoms with Gasteiger partial charge in [-0.15, -0.1) is 0 Å². The van der Waals surface area contributed by atoms with Crippen LogP contribution in [-0.2, 0) is 26.2 Å². The van der Waals surface area contributed by atoms with Crippen molar-refractivity contribution in [2.45, 2.75) is 90.0 Å². The molecule has 0 aliphatic heterocycles. The van der Waals surface area contributed by atoms with Crippen LogP contribution in [-0.4, -0.2) is 34.2 Å². The van der Waals surface area contributed by atoms with Crippen LogP contribution in [0.1, 0.15) is 84.4 Å². The van der Waals surface area contributed by atoms with Crippen molar-refractivity contribution in [1.29, 1.82) is 0 Å². The van der Waals surface area contributed by atoms with E-state index in [0.717, 1.165) is 19.3 Å². The fourth-order valence-corrected chi connectivity index (χ4v) is 3.20. The number of nitrogens with one attached hydrogen (secondary N) is 1. The quantitative estimate of drug-likeness (QED) is 0.746. The van der Waals surface area contributed by atoms with E-state index in [1.54, 1.807) is 6.92 Å². The van der Waals surface area contributed by atoms with Gasteiger partial charge in [0.1, 0.15) is 5.54 Å². The van der Waals surface area contributed by atoms with Gasteiger partial charge in [-0.3, -0.25) is 4.79 Å². The molecule has 0 bridgehead atoms. The minimum Gasteiger partial charge on any atom is -0.464 e. The Hall–Kier alpha value is -1.92. The van der Waals surface area contributed by atoms with E-state index in [0.29, 0.717) is 50.4 Å². The standard InChI is InChI=1S/C19H31N3O4/c1-5-25-17(24)19(12-7-6-8-13-19)21-14(23)10-9-11-15-20-16(22-26-15)18(2,3)4/h5-13H2,1-4H3,(H,21,23). The van der Waals surface area contributed by atoms with Crippen LogP contribution in [0.4, 0.5) is 0 Å². The fraction of sp³-hybridized carbons (Fsp3) is 0.789. The SMILES string of the molecule is CCOC(=O)C1(NC(=O)CCCc2nc(C(C)(C)C)no2)CCCCC1. The average molecular weight is 365 g/mol. The molecule has 1 saturated carbocycles. The summed E-state index contributed by atoms with van der Waals surface area (Å²) in [6.45, 7) is 8.17. The third-order valence-corrected chi connectivity index (χ3v) is 4.69. The van der Waals surface area contributed by atoms with Gasteiger partial charge < -0.3 is 14.6 Å². The van der Waals surface area contributed by atoms with Gasteiger partial charge in [0.25, 0.3) is 0 Å². The van der Waals surface area contributed by atoms with Gasteiger partial charge in [-0.25, -0.2) is 4.79 Å². The lowest BCUT2D eigenvalue weighted by molar-refractivity contribution is -0.155. The van der Waals surface area contributed by atoms with E-state index >= 15 is 0 Å². The van der Waals surface area contributed by atoms with Crippen molar-refractivity contribution < 1.29 is 18.8 Å². The van der Waals surface area contributed by atoms with E-state index < -0.39 is 5.54 Å². The Balaban J connectivity index is 1.86. The molecule has 0 radical (unpaired) electrons. The summed E-state index contributed by atoms with van der Waals surface area (Å²) in [6, 6.07) is 0. The van der Waals surface area contributed by atoms with Crippen LogP contribution in [0.3, 0.4) is 0 Å². The first-order valence-electron chi connectivity index (χ1n) is 9.58. The molecule has 1 fully saturated rings. The molecule has 1 aliphatic carbocycles.